The van der Waals surface area contributed by atoms with Crippen LogP contribution >= 0.6 is 0 Å². The minimum absolute atomic E-state index is 0.268. The Hall–Kier alpha value is -1.62. The third-order valence-electron chi connectivity index (χ3n) is 2.73. The summed E-state index contributed by atoms with van der Waals surface area (Å²) in [6, 6.07) is 3.25. The van der Waals surface area contributed by atoms with Crippen LogP contribution in [-0.4, -0.2) is 54.7 Å². The van der Waals surface area contributed by atoms with Crippen LogP contribution in [0.15, 0.2) is 18.3 Å². The molecule has 0 aromatic carbocycles. The molecule has 1 rings (SSSR count). The van der Waals surface area contributed by atoms with E-state index in [2.05, 4.69) is 9.88 Å². The van der Waals surface area contributed by atoms with Crippen molar-refractivity contribution in [2.45, 2.75) is 13.3 Å². The van der Waals surface area contributed by atoms with Crippen LogP contribution in [0, 0.1) is 0 Å². The quantitative estimate of drug-likeness (QED) is 0.797. The molecule has 0 aliphatic rings. The maximum atomic E-state index is 11.1. The van der Waals surface area contributed by atoms with Gasteiger partial charge < -0.3 is 14.9 Å². The van der Waals surface area contributed by atoms with E-state index in [9.17, 15) is 4.79 Å². The molecule has 0 atom stereocenters. The molecular weight excluding hydrogens is 230 g/mol. The van der Waals surface area contributed by atoms with Crippen molar-refractivity contribution in [3.8, 4) is 0 Å². The molecule has 0 amide bonds. The lowest BCUT2D eigenvalue weighted by Crippen LogP contribution is -2.29. The molecule has 1 aromatic heterocycles. The standard InChI is InChI=1S/C13H21N3O2/c1-4-16(10-6-9-15(2)3)12-11(13(17)18)7-5-8-14-12/h5,7-8H,4,6,9-10H2,1-3H3,(H,17,18). The molecular formula is C13H21N3O2. The number of aromatic nitrogens is 1. The summed E-state index contributed by atoms with van der Waals surface area (Å²) in [7, 11) is 4.06. The zero-order valence-electron chi connectivity index (χ0n) is 11.3. The Labute approximate surface area is 108 Å². The largest absolute Gasteiger partial charge is 0.478 e. The highest BCUT2D eigenvalue weighted by Gasteiger charge is 2.15. The van der Waals surface area contributed by atoms with Crippen molar-refractivity contribution < 1.29 is 9.90 Å². The molecule has 1 aromatic rings. The summed E-state index contributed by atoms with van der Waals surface area (Å²) in [4.78, 5) is 19.5. The van der Waals surface area contributed by atoms with Crippen molar-refractivity contribution in [3.63, 3.8) is 0 Å². The minimum atomic E-state index is -0.927. The van der Waals surface area contributed by atoms with Gasteiger partial charge in [-0.15, -0.1) is 0 Å². The Morgan fingerprint density at radius 2 is 2.11 bits per heavy atom. The summed E-state index contributed by atoms with van der Waals surface area (Å²) in [5.74, 6) is -0.365. The summed E-state index contributed by atoms with van der Waals surface area (Å²) in [6.45, 7) is 4.55. The number of anilines is 1. The molecule has 0 aliphatic heterocycles. The Kier molecular flexibility index (Phi) is 5.58. The number of hydrogen-bond donors (Lipinski definition) is 1. The number of pyridine rings is 1. The normalized spacial score (nSPS) is 10.7. The molecule has 0 saturated heterocycles. The second-order valence-electron chi connectivity index (χ2n) is 4.42. The predicted molar refractivity (Wildman–Crippen MR) is 72.3 cm³/mol. The first-order valence-electron chi connectivity index (χ1n) is 6.14. The molecule has 0 fully saturated rings. The molecule has 0 bridgehead atoms. The van der Waals surface area contributed by atoms with E-state index >= 15 is 0 Å². The zero-order chi connectivity index (χ0) is 13.5. The molecule has 100 valence electrons. The maximum Gasteiger partial charge on any atom is 0.339 e. The summed E-state index contributed by atoms with van der Waals surface area (Å²) >= 11 is 0. The minimum Gasteiger partial charge on any atom is -0.478 e. The second kappa shape index (κ2) is 6.96. The van der Waals surface area contributed by atoms with Gasteiger partial charge in [0.25, 0.3) is 0 Å². The highest BCUT2D eigenvalue weighted by Crippen LogP contribution is 2.17. The van der Waals surface area contributed by atoms with Gasteiger partial charge in [0, 0.05) is 19.3 Å². The van der Waals surface area contributed by atoms with Gasteiger partial charge in [-0.25, -0.2) is 9.78 Å². The first-order valence-corrected chi connectivity index (χ1v) is 6.14. The molecule has 1 N–H and O–H groups in total. The second-order valence-corrected chi connectivity index (χ2v) is 4.42. The fourth-order valence-electron chi connectivity index (χ4n) is 1.81. The van der Waals surface area contributed by atoms with E-state index in [0.717, 1.165) is 26.1 Å². The third-order valence-corrected chi connectivity index (χ3v) is 2.73. The number of hydrogen-bond acceptors (Lipinski definition) is 4. The molecule has 5 heteroatoms. The van der Waals surface area contributed by atoms with E-state index < -0.39 is 5.97 Å². The average Bonchev–Trinajstić information content (AvgIpc) is 2.34. The summed E-state index contributed by atoms with van der Waals surface area (Å²) in [6.07, 6.45) is 2.62. The van der Waals surface area contributed by atoms with E-state index in [1.54, 1.807) is 18.3 Å². The summed E-state index contributed by atoms with van der Waals surface area (Å²) in [5.41, 5.74) is 0.268. The lowest BCUT2D eigenvalue weighted by atomic mass is 10.2. The Balaban J connectivity index is 2.78. The van der Waals surface area contributed by atoms with Crippen LogP contribution in [0.5, 0.6) is 0 Å². The van der Waals surface area contributed by atoms with Gasteiger partial charge in [-0.1, -0.05) is 0 Å². The zero-order valence-corrected chi connectivity index (χ0v) is 11.3. The van der Waals surface area contributed by atoms with Gasteiger partial charge in [-0.05, 0) is 46.1 Å². The van der Waals surface area contributed by atoms with E-state index in [1.807, 2.05) is 25.9 Å². The average molecular weight is 251 g/mol. The van der Waals surface area contributed by atoms with Crippen LogP contribution in [-0.2, 0) is 0 Å². The highest BCUT2D eigenvalue weighted by molar-refractivity contribution is 5.93. The predicted octanol–water partition coefficient (Wildman–Crippen LogP) is 1.56. The molecule has 0 saturated carbocycles. The number of aromatic carboxylic acids is 1. The molecule has 0 spiro atoms. The summed E-state index contributed by atoms with van der Waals surface area (Å²) in [5, 5.41) is 9.15. The van der Waals surface area contributed by atoms with E-state index in [1.165, 1.54) is 0 Å². The topological polar surface area (TPSA) is 56.7 Å². The molecule has 0 unspecified atom stereocenters. The van der Waals surface area contributed by atoms with Gasteiger partial charge in [-0.2, -0.15) is 0 Å². The Morgan fingerprint density at radius 1 is 1.39 bits per heavy atom. The van der Waals surface area contributed by atoms with Crippen LogP contribution in [0.25, 0.3) is 0 Å². The van der Waals surface area contributed by atoms with Crippen molar-refractivity contribution >= 4 is 11.8 Å². The van der Waals surface area contributed by atoms with Crippen LogP contribution in [0.1, 0.15) is 23.7 Å². The monoisotopic (exact) mass is 251 g/mol. The van der Waals surface area contributed by atoms with Gasteiger partial charge in [0.15, 0.2) is 0 Å². The summed E-state index contributed by atoms with van der Waals surface area (Å²) < 4.78 is 0. The first-order chi connectivity index (χ1) is 8.56. The molecule has 18 heavy (non-hydrogen) atoms. The first kappa shape index (κ1) is 14.4. The number of rotatable bonds is 7. The lowest BCUT2D eigenvalue weighted by molar-refractivity contribution is 0.0697. The van der Waals surface area contributed by atoms with Crippen molar-refractivity contribution in [1.29, 1.82) is 0 Å². The smallest absolute Gasteiger partial charge is 0.339 e. The van der Waals surface area contributed by atoms with Gasteiger partial charge >= 0.3 is 5.97 Å². The Bertz CT molecular complexity index is 394. The van der Waals surface area contributed by atoms with Crippen LogP contribution in [0.3, 0.4) is 0 Å². The van der Waals surface area contributed by atoms with Gasteiger partial charge in [-0.3, -0.25) is 0 Å². The highest BCUT2D eigenvalue weighted by atomic mass is 16.4. The fourth-order valence-corrected chi connectivity index (χ4v) is 1.81. The van der Waals surface area contributed by atoms with Crippen molar-refractivity contribution in [2.24, 2.45) is 0 Å². The van der Waals surface area contributed by atoms with E-state index in [4.69, 9.17) is 5.11 Å². The lowest BCUT2D eigenvalue weighted by Gasteiger charge is -2.24. The number of nitrogens with zero attached hydrogens (tertiary/aromatic N) is 3. The molecule has 0 aliphatic carbocycles. The molecule has 5 nitrogen and oxygen atoms in total. The molecule has 1 heterocycles. The van der Waals surface area contributed by atoms with Crippen LogP contribution in [0.4, 0.5) is 5.82 Å². The van der Waals surface area contributed by atoms with Crippen molar-refractivity contribution in [2.75, 3.05) is 38.6 Å². The van der Waals surface area contributed by atoms with Gasteiger partial charge in [0.2, 0.25) is 0 Å². The van der Waals surface area contributed by atoms with Crippen molar-refractivity contribution in [3.05, 3.63) is 23.9 Å². The Morgan fingerprint density at radius 3 is 2.67 bits per heavy atom. The van der Waals surface area contributed by atoms with Gasteiger partial charge in [0.1, 0.15) is 11.4 Å². The number of carboxylic acid groups (broad SMARTS) is 1. The maximum absolute atomic E-state index is 11.1. The molecule has 0 radical (unpaired) electrons. The van der Waals surface area contributed by atoms with Gasteiger partial charge in [0.05, 0.1) is 0 Å². The number of carboxylic acids is 1. The van der Waals surface area contributed by atoms with Crippen molar-refractivity contribution in [1.82, 2.24) is 9.88 Å². The SMILES string of the molecule is CCN(CCCN(C)C)c1ncccc1C(=O)O. The van der Waals surface area contributed by atoms with Crippen LogP contribution < -0.4 is 4.90 Å². The third kappa shape index (κ3) is 4.00. The van der Waals surface area contributed by atoms with E-state index in [0.29, 0.717) is 5.82 Å². The van der Waals surface area contributed by atoms with E-state index in [-0.39, 0.29) is 5.56 Å². The number of carbonyl (C=O) groups is 1. The fraction of sp³-hybridized carbons (Fsp3) is 0.538. The van der Waals surface area contributed by atoms with Crippen LogP contribution in [0.2, 0.25) is 0 Å².